The van der Waals surface area contributed by atoms with Crippen molar-refractivity contribution < 1.29 is 0 Å². The molecule has 1 heterocycles. The van der Waals surface area contributed by atoms with E-state index in [0.717, 1.165) is 54.0 Å². The molecule has 6 heteroatoms. The van der Waals surface area contributed by atoms with Crippen molar-refractivity contribution in [2.45, 2.75) is 26.2 Å². The van der Waals surface area contributed by atoms with Crippen LogP contribution in [-0.2, 0) is 12.8 Å². The van der Waals surface area contributed by atoms with E-state index in [-0.39, 0.29) is 0 Å². The Balaban J connectivity index is 1.64. The van der Waals surface area contributed by atoms with Gasteiger partial charge in [0.15, 0.2) is 5.96 Å². The summed E-state index contributed by atoms with van der Waals surface area (Å²) < 4.78 is 0. The number of aliphatic imine (C=N–C) groups is 1. The van der Waals surface area contributed by atoms with Crippen molar-refractivity contribution in [2.24, 2.45) is 4.99 Å². The average Bonchev–Trinajstić information content (AvgIpc) is 2.96. The Morgan fingerprint density at radius 2 is 2.00 bits per heavy atom. The lowest BCUT2D eigenvalue weighted by atomic mass is 10.1. The van der Waals surface area contributed by atoms with Crippen LogP contribution in [0.3, 0.4) is 0 Å². The molecule has 2 aromatic rings. The molecule has 0 aliphatic rings. The molecule has 0 spiro atoms. The summed E-state index contributed by atoms with van der Waals surface area (Å²) in [5.41, 5.74) is 2.33. The first-order valence-corrected chi connectivity index (χ1v) is 9.03. The molecular formula is C17H23ClN4S. The van der Waals surface area contributed by atoms with Gasteiger partial charge in [0.25, 0.3) is 0 Å². The van der Waals surface area contributed by atoms with Crippen LogP contribution in [0.15, 0.2) is 34.6 Å². The summed E-state index contributed by atoms with van der Waals surface area (Å²) in [6.07, 6.45) is 2.88. The summed E-state index contributed by atoms with van der Waals surface area (Å²) in [6.45, 7) is 3.72. The first kappa shape index (κ1) is 17.8. The standard InChI is InChI=1S/C17H23ClN4S/c1-13-22-15(12-23-13)9-11-21-17(19-2)20-10-5-7-14-6-3-4-8-16(14)18/h3-4,6,8,12H,5,7,9-11H2,1-2H3,(H2,19,20,21). The largest absolute Gasteiger partial charge is 0.356 e. The third kappa shape index (κ3) is 6.20. The second kappa shape index (κ2) is 9.53. The molecule has 124 valence electrons. The molecule has 0 aliphatic carbocycles. The SMILES string of the molecule is CN=C(NCCCc1ccccc1Cl)NCCc1csc(C)n1. The van der Waals surface area contributed by atoms with Crippen LogP contribution in [0.4, 0.5) is 0 Å². The second-order valence-electron chi connectivity index (χ2n) is 5.23. The van der Waals surface area contributed by atoms with Gasteiger partial charge < -0.3 is 10.6 Å². The Morgan fingerprint density at radius 3 is 2.70 bits per heavy atom. The van der Waals surface area contributed by atoms with Crippen molar-refractivity contribution in [2.75, 3.05) is 20.1 Å². The first-order chi connectivity index (χ1) is 11.2. The molecule has 1 aromatic carbocycles. The summed E-state index contributed by atoms with van der Waals surface area (Å²) in [4.78, 5) is 8.69. The van der Waals surface area contributed by atoms with Crippen molar-refractivity contribution in [3.63, 3.8) is 0 Å². The van der Waals surface area contributed by atoms with Gasteiger partial charge in [-0.05, 0) is 31.4 Å². The number of hydrogen-bond donors (Lipinski definition) is 2. The van der Waals surface area contributed by atoms with Gasteiger partial charge in [-0.2, -0.15) is 0 Å². The fourth-order valence-corrected chi connectivity index (χ4v) is 3.12. The van der Waals surface area contributed by atoms with Crippen LogP contribution in [0.25, 0.3) is 0 Å². The van der Waals surface area contributed by atoms with E-state index in [1.54, 1.807) is 18.4 Å². The minimum atomic E-state index is 0.827. The molecule has 0 bridgehead atoms. The minimum absolute atomic E-state index is 0.827. The van der Waals surface area contributed by atoms with Crippen LogP contribution in [0.2, 0.25) is 5.02 Å². The van der Waals surface area contributed by atoms with Gasteiger partial charge in [-0.3, -0.25) is 4.99 Å². The van der Waals surface area contributed by atoms with Crippen molar-refractivity contribution in [1.29, 1.82) is 0 Å². The van der Waals surface area contributed by atoms with E-state index in [4.69, 9.17) is 11.6 Å². The molecule has 4 nitrogen and oxygen atoms in total. The fraction of sp³-hybridized carbons (Fsp3) is 0.412. The highest BCUT2D eigenvalue weighted by molar-refractivity contribution is 7.09. The molecule has 0 unspecified atom stereocenters. The number of nitrogens with one attached hydrogen (secondary N) is 2. The molecule has 0 saturated heterocycles. The molecule has 0 atom stereocenters. The smallest absolute Gasteiger partial charge is 0.190 e. The number of rotatable bonds is 7. The molecule has 23 heavy (non-hydrogen) atoms. The second-order valence-corrected chi connectivity index (χ2v) is 6.70. The highest BCUT2D eigenvalue weighted by atomic mass is 35.5. The van der Waals surface area contributed by atoms with E-state index >= 15 is 0 Å². The Hall–Kier alpha value is -1.59. The number of benzene rings is 1. The van der Waals surface area contributed by atoms with E-state index in [9.17, 15) is 0 Å². The normalized spacial score (nSPS) is 11.5. The quantitative estimate of drug-likeness (QED) is 0.457. The Bertz CT molecular complexity index is 639. The molecule has 0 amide bonds. The van der Waals surface area contributed by atoms with E-state index in [1.165, 1.54) is 5.56 Å². The number of aromatic nitrogens is 1. The lowest BCUT2D eigenvalue weighted by molar-refractivity contribution is 0.737. The van der Waals surface area contributed by atoms with Crippen molar-refractivity contribution in [3.8, 4) is 0 Å². The van der Waals surface area contributed by atoms with Crippen LogP contribution >= 0.6 is 22.9 Å². The van der Waals surface area contributed by atoms with Crippen molar-refractivity contribution in [1.82, 2.24) is 15.6 Å². The van der Waals surface area contributed by atoms with Crippen LogP contribution in [0.1, 0.15) is 22.7 Å². The van der Waals surface area contributed by atoms with Gasteiger partial charge in [0.1, 0.15) is 0 Å². The summed E-state index contributed by atoms with van der Waals surface area (Å²) in [7, 11) is 1.79. The van der Waals surface area contributed by atoms with Gasteiger partial charge in [0.05, 0.1) is 10.7 Å². The van der Waals surface area contributed by atoms with E-state index in [2.05, 4.69) is 32.1 Å². The number of hydrogen-bond acceptors (Lipinski definition) is 3. The summed E-state index contributed by atoms with van der Waals surface area (Å²) >= 11 is 7.85. The molecule has 1 aromatic heterocycles. The molecule has 0 saturated carbocycles. The summed E-state index contributed by atoms with van der Waals surface area (Å²) in [5, 5.41) is 10.7. The van der Waals surface area contributed by atoms with Gasteiger partial charge in [0, 0.05) is 37.0 Å². The monoisotopic (exact) mass is 350 g/mol. The zero-order valence-corrected chi connectivity index (χ0v) is 15.2. The number of aryl methyl sites for hydroxylation is 2. The molecule has 0 aliphatic heterocycles. The summed E-state index contributed by atoms with van der Waals surface area (Å²) in [6, 6.07) is 7.99. The van der Waals surface area contributed by atoms with Gasteiger partial charge in [0.2, 0.25) is 0 Å². The molecule has 0 fully saturated rings. The lowest BCUT2D eigenvalue weighted by Gasteiger charge is -2.11. The van der Waals surface area contributed by atoms with Crippen molar-refractivity contribution in [3.05, 3.63) is 50.9 Å². The zero-order chi connectivity index (χ0) is 16.5. The maximum atomic E-state index is 6.16. The maximum Gasteiger partial charge on any atom is 0.190 e. The Kier molecular flexibility index (Phi) is 7.36. The predicted molar refractivity (Wildman–Crippen MR) is 99.7 cm³/mol. The topological polar surface area (TPSA) is 49.3 Å². The maximum absolute atomic E-state index is 6.16. The van der Waals surface area contributed by atoms with Crippen LogP contribution in [0.5, 0.6) is 0 Å². The molecule has 2 rings (SSSR count). The summed E-state index contributed by atoms with van der Waals surface area (Å²) in [5.74, 6) is 0.830. The highest BCUT2D eigenvalue weighted by Gasteiger charge is 2.02. The van der Waals surface area contributed by atoms with Crippen molar-refractivity contribution >= 4 is 28.9 Å². The molecule has 0 radical (unpaired) electrons. The van der Waals surface area contributed by atoms with Crippen LogP contribution in [-0.4, -0.2) is 31.1 Å². The molecule has 2 N–H and O–H groups in total. The van der Waals surface area contributed by atoms with E-state index < -0.39 is 0 Å². The lowest BCUT2D eigenvalue weighted by Crippen LogP contribution is -2.38. The predicted octanol–water partition coefficient (Wildman–Crippen LogP) is 3.45. The number of nitrogens with zero attached hydrogens (tertiary/aromatic N) is 2. The number of halogens is 1. The Labute approximate surface area is 147 Å². The average molecular weight is 351 g/mol. The zero-order valence-electron chi connectivity index (χ0n) is 13.6. The van der Waals surface area contributed by atoms with Crippen LogP contribution < -0.4 is 10.6 Å². The van der Waals surface area contributed by atoms with Gasteiger partial charge in [-0.25, -0.2) is 4.98 Å². The number of guanidine groups is 1. The third-order valence-electron chi connectivity index (χ3n) is 3.44. The third-order valence-corrected chi connectivity index (χ3v) is 4.63. The molecular weight excluding hydrogens is 328 g/mol. The first-order valence-electron chi connectivity index (χ1n) is 7.78. The van der Waals surface area contributed by atoms with Gasteiger partial charge >= 0.3 is 0 Å². The van der Waals surface area contributed by atoms with E-state index in [0.29, 0.717) is 0 Å². The number of thiazole rings is 1. The van der Waals surface area contributed by atoms with E-state index in [1.807, 2.05) is 25.1 Å². The highest BCUT2D eigenvalue weighted by Crippen LogP contribution is 2.16. The minimum Gasteiger partial charge on any atom is -0.356 e. The van der Waals surface area contributed by atoms with Gasteiger partial charge in [-0.1, -0.05) is 29.8 Å². The Morgan fingerprint density at radius 1 is 1.22 bits per heavy atom. The van der Waals surface area contributed by atoms with Gasteiger partial charge in [-0.15, -0.1) is 11.3 Å². The van der Waals surface area contributed by atoms with Crippen LogP contribution in [0, 0.1) is 6.92 Å². The fourth-order valence-electron chi connectivity index (χ4n) is 2.24.